The van der Waals surface area contributed by atoms with Crippen LogP contribution in [0.3, 0.4) is 0 Å². The predicted molar refractivity (Wildman–Crippen MR) is 94.7 cm³/mol. The van der Waals surface area contributed by atoms with Gasteiger partial charge in [0.25, 0.3) is 0 Å². The number of carbonyl (C=O) groups excluding carboxylic acids is 1. The molecule has 1 aromatic carbocycles. The number of rotatable bonds is 6. The van der Waals surface area contributed by atoms with Gasteiger partial charge in [0, 0.05) is 18.8 Å². The van der Waals surface area contributed by atoms with Gasteiger partial charge < -0.3 is 15.3 Å². The molecule has 0 radical (unpaired) electrons. The molecular formula is C19H30N2O2. The van der Waals surface area contributed by atoms with Crippen molar-refractivity contribution in [1.29, 1.82) is 0 Å². The summed E-state index contributed by atoms with van der Waals surface area (Å²) in [5, 5.41) is 13.6. The van der Waals surface area contributed by atoms with E-state index in [-0.39, 0.29) is 6.03 Å². The van der Waals surface area contributed by atoms with Crippen molar-refractivity contribution in [2.75, 3.05) is 18.4 Å². The zero-order valence-corrected chi connectivity index (χ0v) is 14.5. The second-order valence-electron chi connectivity index (χ2n) is 6.65. The smallest absolute Gasteiger partial charge is 0.321 e. The van der Waals surface area contributed by atoms with Crippen LogP contribution in [0.15, 0.2) is 24.3 Å². The lowest BCUT2D eigenvalue weighted by molar-refractivity contribution is -0.0196. The van der Waals surface area contributed by atoms with Crippen LogP contribution in [0, 0.1) is 0 Å². The highest BCUT2D eigenvalue weighted by molar-refractivity contribution is 5.89. The van der Waals surface area contributed by atoms with Crippen LogP contribution >= 0.6 is 0 Å². The van der Waals surface area contributed by atoms with Crippen LogP contribution in [0.25, 0.3) is 0 Å². The number of aliphatic hydroxyl groups is 1. The quantitative estimate of drug-likeness (QED) is 0.773. The topological polar surface area (TPSA) is 52.6 Å². The van der Waals surface area contributed by atoms with Gasteiger partial charge >= 0.3 is 6.03 Å². The number of nitrogens with one attached hydrogen (secondary N) is 1. The minimum absolute atomic E-state index is 0.0612. The molecule has 0 aromatic heterocycles. The zero-order chi connectivity index (χ0) is 16.7. The Hall–Kier alpha value is -1.55. The van der Waals surface area contributed by atoms with Crippen molar-refractivity contribution in [3.05, 3.63) is 29.8 Å². The van der Waals surface area contributed by atoms with E-state index in [0.29, 0.717) is 25.9 Å². The monoisotopic (exact) mass is 318 g/mol. The Kier molecular flexibility index (Phi) is 6.46. The van der Waals surface area contributed by atoms with Crippen LogP contribution in [0.2, 0.25) is 0 Å². The van der Waals surface area contributed by atoms with Gasteiger partial charge in [-0.25, -0.2) is 4.79 Å². The summed E-state index contributed by atoms with van der Waals surface area (Å²) in [4.78, 5) is 14.2. The van der Waals surface area contributed by atoms with Gasteiger partial charge in [-0.3, -0.25) is 0 Å². The summed E-state index contributed by atoms with van der Waals surface area (Å²) in [6.07, 6.45) is 6.58. The van der Waals surface area contributed by atoms with Crippen molar-refractivity contribution in [1.82, 2.24) is 4.90 Å². The second-order valence-corrected chi connectivity index (χ2v) is 6.65. The SMILES string of the molecule is CCCCCC1(O)CCN(C(=O)Nc2cccc(CC)c2)CC1. The Balaban J connectivity index is 1.83. The third kappa shape index (κ3) is 5.24. The van der Waals surface area contributed by atoms with Crippen molar-refractivity contribution in [3.8, 4) is 0 Å². The van der Waals surface area contributed by atoms with Crippen LogP contribution in [0.1, 0.15) is 57.9 Å². The molecule has 128 valence electrons. The summed E-state index contributed by atoms with van der Waals surface area (Å²) < 4.78 is 0. The molecule has 4 nitrogen and oxygen atoms in total. The molecule has 1 aromatic rings. The first-order chi connectivity index (χ1) is 11.1. The fourth-order valence-corrected chi connectivity index (χ4v) is 3.15. The molecule has 0 unspecified atom stereocenters. The van der Waals surface area contributed by atoms with E-state index in [9.17, 15) is 9.90 Å². The van der Waals surface area contributed by atoms with Gasteiger partial charge in [0.1, 0.15) is 0 Å². The summed E-state index contributed by atoms with van der Waals surface area (Å²) in [7, 11) is 0. The number of carbonyl (C=O) groups is 1. The van der Waals surface area contributed by atoms with Crippen LogP contribution in [-0.2, 0) is 6.42 Å². The molecule has 0 aliphatic carbocycles. The Morgan fingerprint density at radius 1 is 1.26 bits per heavy atom. The van der Waals surface area contributed by atoms with Crippen LogP contribution in [-0.4, -0.2) is 34.7 Å². The molecule has 0 spiro atoms. The third-order valence-electron chi connectivity index (χ3n) is 4.81. The van der Waals surface area contributed by atoms with Gasteiger partial charge in [0.2, 0.25) is 0 Å². The first kappa shape index (κ1) is 17.8. The molecule has 4 heteroatoms. The summed E-state index contributed by atoms with van der Waals surface area (Å²) >= 11 is 0. The number of hydrogen-bond donors (Lipinski definition) is 2. The van der Waals surface area contributed by atoms with Gasteiger partial charge in [-0.1, -0.05) is 45.2 Å². The number of likely N-dealkylation sites (tertiary alicyclic amines) is 1. The van der Waals surface area contributed by atoms with Crippen molar-refractivity contribution >= 4 is 11.7 Å². The van der Waals surface area contributed by atoms with Gasteiger partial charge in [-0.15, -0.1) is 0 Å². The Morgan fingerprint density at radius 3 is 2.65 bits per heavy atom. The van der Waals surface area contributed by atoms with E-state index in [0.717, 1.165) is 24.9 Å². The summed E-state index contributed by atoms with van der Waals surface area (Å²) in [5.74, 6) is 0. The minimum atomic E-state index is -0.575. The number of amides is 2. The number of urea groups is 1. The molecule has 1 aliphatic rings. The Bertz CT molecular complexity index is 508. The van der Waals surface area contributed by atoms with E-state index in [1.807, 2.05) is 23.1 Å². The Morgan fingerprint density at radius 2 is 2.00 bits per heavy atom. The number of hydrogen-bond acceptors (Lipinski definition) is 2. The van der Waals surface area contributed by atoms with E-state index in [1.165, 1.54) is 18.4 Å². The fourth-order valence-electron chi connectivity index (χ4n) is 3.15. The maximum absolute atomic E-state index is 12.4. The minimum Gasteiger partial charge on any atom is -0.390 e. The molecule has 1 fully saturated rings. The molecule has 1 aliphatic heterocycles. The predicted octanol–water partition coefficient (Wildman–Crippen LogP) is 4.19. The maximum Gasteiger partial charge on any atom is 0.321 e. The van der Waals surface area contributed by atoms with Crippen molar-refractivity contribution < 1.29 is 9.90 Å². The molecule has 0 bridgehead atoms. The highest BCUT2D eigenvalue weighted by atomic mass is 16.3. The first-order valence-corrected chi connectivity index (χ1v) is 8.93. The van der Waals surface area contributed by atoms with E-state index < -0.39 is 5.60 Å². The molecule has 1 heterocycles. The van der Waals surface area contributed by atoms with Crippen molar-refractivity contribution in [2.24, 2.45) is 0 Å². The van der Waals surface area contributed by atoms with E-state index in [4.69, 9.17) is 0 Å². The van der Waals surface area contributed by atoms with Crippen LogP contribution in [0.4, 0.5) is 10.5 Å². The number of piperidine rings is 1. The van der Waals surface area contributed by atoms with E-state index in [2.05, 4.69) is 25.2 Å². The first-order valence-electron chi connectivity index (χ1n) is 8.93. The lowest BCUT2D eigenvalue weighted by Gasteiger charge is -2.38. The molecule has 2 amide bonds. The zero-order valence-electron chi connectivity index (χ0n) is 14.5. The lowest BCUT2D eigenvalue weighted by atomic mass is 9.86. The van der Waals surface area contributed by atoms with Crippen molar-refractivity contribution in [3.63, 3.8) is 0 Å². The number of aryl methyl sites for hydroxylation is 1. The molecule has 0 saturated carbocycles. The number of anilines is 1. The maximum atomic E-state index is 12.4. The fraction of sp³-hybridized carbons (Fsp3) is 0.632. The van der Waals surface area contributed by atoms with Gasteiger partial charge in [-0.2, -0.15) is 0 Å². The summed E-state index contributed by atoms with van der Waals surface area (Å²) in [5.41, 5.74) is 1.48. The van der Waals surface area contributed by atoms with Gasteiger partial charge in [-0.05, 0) is 43.4 Å². The van der Waals surface area contributed by atoms with Gasteiger partial charge in [0.05, 0.1) is 5.60 Å². The number of benzene rings is 1. The van der Waals surface area contributed by atoms with Crippen LogP contribution < -0.4 is 5.32 Å². The Labute approximate surface area is 139 Å². The third-order valence-corrected chi connectivity index (χ3v) is 4.81. The lowest BCUT2D eigenvalue weighted by Crippen LogP contribution is -2.48. The van der Waals surface area contributed by atoms with Gasteiger partial charge in [0.15, 0.2) is 0 Å². The highest BCUT2D eigenvalue weighted by Gasteiger charge is 2.33. The second kappa shape index (κ2) is 8.34. The molecule has 23 heavy (non-hydrogen) atoms. The number of nitrogens with zero attached hydrogens (tertiary/aromatic N) is 1. The molecule has 2 rings (SSSR count). The average Bonchev–Trinajstić information content (AvgIpc) is 2.56. The highest BCUT2D eigenvalue weighted by Crippen LogP contribution is 2.28. The molecule has 1 saturated heterocycles. The van der Waals surface area contributed by atoms with E-state index in [1.54, 1.807) is 0 Å². The summed E-state index contributed by atoms with van der Waals surface area (Å²) in [6.45, 7) is 5.53. The van der Waals surface area contributed by atoms with Crippen LogP contribution in [0.5, 0.6) is 0 Å². The molecule has 2 N–H and O–H groups in total. The largest absolute Gasteiger partial charge is 0.390 e. The average molecular weight is 318 g/mol. The normalized spacial score (nSPS) is 17.1. The standard InChI is InChI=1S/C19H30N2O2/c1-3-5-6-10-19(23)11-13-21(14-12-19)18(22)20-17-9-7-8-16(4-2)15-17/h7-9,15,23H,3-6,10-14H2,1-2H3,(H,20,22). The number of unbranched alkanes of at least 4 members (excludes halogenated alkanes) is 2. The van der Waals surface area contributed by atoms with Crippen molar-refractivity contribution in [2.45, 2.75) is 64.4 Å². The molecule has 0 atom stereocenters. The van der Waals surface area contributed by atoms with E-state index >= 15 is 0 Å². The summed E-state index contributed by atoms with van der Waals surface area (Å²) in [6, 6.07) is 7.91. The molecular weight excluding hydrogens is 288 g/mol.